The van der Waals surface area contributed by atoms with E-state index in [0.717, 1.165) is 32.7 Å². The standard InChI is InChI=1S/C17H25N3O3/c1-3-4-8-19-9-11-20(12-10-19)17(22)18-15-7-5-6-14(13-15)16(21)23-2/h5-7,13H,3-4,8-12H2,1-2H3,(H,18,22). The number of anilines is 1. The van der Waals surface area contributed by atoms with Crippen LogP contribution < -0.4 is 5.32 Å². The summed E-state index contributed by atoms with van der Waals surface area (Å²) in [6, 6.07) is 6.66. The van der Waals surface area contributed by atoms with Crippen LogP contribution in [-0.2, 0) is 4.74 Å². The highest BCUT2D eigenvalue weighted by Crippen LogP contribution is 2.13. The van der Waals surface area contributed by atoms with E-state index in [0.29, 0.717) is 11.3 Å². The summed E-state index contributed by atoms with van der Waals surface area (Å²) in [4.78, 5) is 28.1. The molecule has 0 atom stereocenters. The number of hydrogen-bond acceptors (Lipinski definition) is 4. The van der Waals surface area contributed by atoms with Crippen LogP contribution in [-0.4, -0.2) is 61.6 Å². The maximum Gasteiger partial charge on any atom is 0.337 e. The second-order valence-electron chi connectivity index (χ2n) is 5.68. The first-order chi connectivity index (χ1) is 11.1. The molecule has 2 amide bonds. The number of hydrogen-bond donors (Lipinski definition) is 1. The Balaban J connectivity index is 1.87. The molecule has 0 spiro atoms. The molecule has 1 aromatic rings. The Hall–Kier alpha value is -2.08. The number of unbranched alkanes of at least 4 members (excludes halogenated alkanes) is 1. The van der Waals surface area contributed by atoms with Crippen LogP contribution >= 0.6 is 0 Å². The fourth-order valence-electron chi connectivity index (χ4n) is 2.60. The van der Waals surface area contributed by atoms with Crippen molar-refractivity contribution >= 4 is 17.7 Å². The number of benzene rings is 1. The van der Waals surface area contributed by atoms with E-state index in [-0.39, 0.29) is 6.03 Å². The summed E-state index contributed by atoms with van der Waals surface area (Å²) in [5.41, 5.74) is 1.03. The number of piperazine rings is 1. The van der Waals surface area contributed by atoms with Crippen LogP contribution in [0.15, 0.2) is 24.3 Å². The highest BCUT2D eigenvalue weighted by atomic mass is 16.5. The van der Waals surface area contributed by atoms with E-state index in [2.05, 4.69) is 21.9 Å². The molecule has 23 heavy (non-hydrogen) atoms. The topological polar surface area (TPSA) is 61.9 Å². The van der Waals surface area contributed by atoms with Gasteiger partial charge in [-0.3, -0.25) is 4.90 Å². The van der Waals surface area contributed by atoms with Crippen LogP contribution in [0.3, 0.4) is 0 Å². The van der Waals surface area contributed by atoms with Crippen molar-refractivity contribution in [1.82, 2.24) is 9.80 Å². The lowest BCUT2D eigenvalue weighted by molar-refractivity contribution is 0.0600. The monoisotopic (exact) mass is 319 g/mol. The molecule has 0 unspecified atom stereocenters. The highest BCUT2D eigenvalue weighted by Gasteiger charge is 2.20. The zero-order valence-corrected chi connectivity index (χ0v) is 13.9. The molecule has 1 aromatic carbocycles. The average molecular weight is 319 g/mol. The van der Waals surface area contributed by atoms with Gasteiger partial charge in [-0.15, -0.1) is 0 Å². The number of nitrogens with one attached hydrogen (secondary N) is 1. The third-order valence-electron chi connectivity index (χ3n) is 4.02. The van der Waals surface area contributed by atoms with E-state index in [9.17, 15) is 9.59 Å². The number of carbonyl (C=O) groups excluding carboxylic acids is 2. The maximum atomic E-state index is 12.3. The Morgan fingerprint density at radius 2 is 1.96 bits per heavy atom. The Bertz CT molecular complexity index is 540. The summed E-state index contributed by atoms with van der Waals surface area (Å²) in [6.07, 6.45) is 2.39. The summed E-state index contributed by atoms with van der Waals surface area (Å²) in [7, 11) is 1.34. The number of carbonyl (C=O) groups is 2. The molecule has 6 nitrogen and oxygen atoms in total. The van der Waals surface area contributed by atoms with Crippen molar-refractivity contribution in [3.8, 4) is 0 Å². The van der Waals surface area contributed by atoms with Gasteiger partial charge in [-0.25, -0.2) is 9.59 Å². The fraction of sp³-hybridized carbons (Fsp3) is 0.529. The first-order valence-electron chi connectivity index (χ1n) is 8.10. The number of amides is 2. The molecule has 0 radical (unpaired) electrons. The second kappa shape index (κ2) is 8.53. The molecular formula is C17H25N3O3. The molecule has 126 valence electrons. The molecule has 0 aromatic heterocycles. The molecule has 2 rings (SSSR count). The van der Waals surface area contributed by atoms with Crippen LogP contribution in [0.25, 0.3) is 0 Å². The van der Waals surface area contributed by atoms with Crippen molar-refractivity contribution in [3.63, 3.8) is 0 Å². The lowest BCUT2D eigenvalue weighted by Gasteiger charge is -2.34. The van der Waals surface area contributed by atoms with Gasteiger partial charge in [-0.1, -0.05) is 19.4 Å². The third-order valence-corrected chi connectivity index (χ3v) is 4.02. The van der Waals surface area contributed by atoms with Gasteiger partial charge >= 0.3 is 12.0 Å². The lowest BCUT2D eigenvalue weighted by Crippen LogP contribution is -2.50. The van der Waals surface area contributed by atoms with E-state index >= 15 is 0 Å². The molecule has 1 aliphatic heterocycles. The molecule has 6 heteroatoms. The Kier molecular flexibility index (Phi) is 6.40. The third kappa shape index (κ3) is 4.96. The van der Waals surface area contributed by atoms with E-state index < -0.39 is 5.97 Å². The zero-order chi connectivity index (χ0) is 16.7. The van der Waals surface area contributed by atoms with Gasteiger partial charge in [0.15, 0.2) is 0 Å². The van der Waals surface area contributed by atoms with Crippen molar-refractivity contribution in [2.24, 2.45) is 0 Å². The van der Waals surface area contributed by atoms with Crippen LogP contribution in [0.4, 0.5) is 10.5 Å². The summed E-state index contributed by atoms with van der Waals surface area (Å²) >= 11 is 0. The number of urea groups is 1. The van der Waals surface area contributed by atoms with Crippen molar-refractivity contribution in [2.45, 2.75) is 19.8 Å². The van der Waals surface area contributed by atoms with E-state index in [1.807, 2.05) is 4.90 Å². The quantitative estimate of drug-likeness (QED) is 0.847. The van der Waals surface area contributed by atoms with Gasteiger partial charge in [0.05, 0.1) is 12.7 Å². The first-order valence-corrected chi connectivity index (χ1v) is 8.10. The van der Waals surface area contributed by atoms with Crippen LogP contribution in [0.2, 0.25) is 0 Å². The van der Waals surface area contributed by atoms with Crippen molar-refractivity contribution < 1.29 is 14.3 Å². The summed E-state index contributed by atoms with van der Waals surface area (Å²) < 4.78 is 4.69. The second-order valence-corrected chi connectivity index (χ2v) is 5.68. The molecule has 1 heterocycles. The predicted octanol–water partition coefficient (Wildman–Crippen LogP) is 2.42. The number of rotatable bonds is 5. The highest BCUT2D eigenvalue weighted by molar-refractivity contribution is 5.93. The van der Waals surface area contributed by atoms with E-state index in [1.165, 1.54) is 20.0 Å². The lowest BCUT2D eigenvalue weighted by atomic mass is 10.2. The van der Waals surface area contributed by atoms with Gasteiger partial charge < -0.3 is 15.0 Å². The molecule has 1 aliphatic rings. The molecule has 0 bridgehead atoms. The summed E-state index contributed by atoms with van der Waals surface area (Å²) in [5.74, 6) is -0.411. The average Bonchev–Trinajstić information content (AvgIpc) is 2.59. The molecule has 1 saturated heterocycles. The number of methoxy groups -OCH3 is 1. The Morgan fingerprint density at radius 3 is 2.61 bits per heavy atom. The van der Waals surface area contributed by atoms with Crippen molar-refractivity contribution in [3.05, 3.63) is 29.8 Å². The Morgan fingerprint density at radius 1 is 1.22 bits per heavy atom. The molecular weight excluding hydrogens is 294 g/mol. The smallest absolute Gasteiger partial charge is 0.337 e. The summed E-state index contributed by atoms with van der Waals surface area (Å²) in [6.45, 7) is 6.57. The van der Waals surface area contributed by atoms with Gasteiger partial charge in [-0.2, -0.15) is 0 Å². The minimum absolute atomic E-state index is 0.123. The number of nitrogens with zero attached hydrogens (tertiary/aromatic N) is 2. The van der Waals surface area contributed by atoms with Gasteiger partial charge in [0.25, 0.3) is 0 Å². The van der Waals surface area contributed by atoms with Crippen LogP contribution in [0, 0.1) is 0 Å². The normalized spacial score (nSPS) is 15.3. The van der Waals surface area contributed by atoms with Gasteiger partial charge in [0, 0.05) is 31.9 Å². The summed E-state index contributed by atoms with van der Waals surface area (Å²) in [5, 5.41) is 2.85. The largest absolute Gasteiger partial charge is 0.465 e. The van der Waals surface area contributed by atoms with Gasteiger partial charge in [0.2, 0.25) is 0 Å². The zero-order valence-electron chi connectivity index (χ0n) is 13.9. The molecule has 1 N–H and O–H groups in total. The predicted molar refractivity (Wildman–Crippen MR) is 89.7 cm³/mol. The maximum absolute atomic E-state index is 12.3. The SMILES string of the molecule is CCCCN1CCN(C(=O)Nc2cccc(C(=O)OC)c2)CC1. The number of ether oxygens (including phenoxy) is 1. The van der Waals surface area contributed by atoms with Crippen molar-refractivity contribution in [1.29, 1.82) is 0 Å². The Labute approximate surface area is 137 Å². The van der Waals surface area contributed by atoms with Gasteiger partial charge in [0.1, 0.15) is 0 Å². The minimum Gasteiger partial charge on any atom is -0.465 e. The molecule has 0 saturated carbocycles. The first kappa shape index (κ1) is 17.3. The van der Waals surface area contributed by atoms with Crippen LogP contribution in [0.1, 0.15) is 30.1 Å². The van der Waals surface area contributed by atoms with E-state index in [1.54, 1.807) is 24.3 Å². The van der Waals surface area contributed by atoms with Crippen molar-refractivity contribution in [2.75, 3.05) is 45.2 Å². The number of esters is 1. The van der Waals surface area contributed by atoms with Crippen LogP contribution in [0.5, 0.6) is 0 Å². The molecule has 0 aliphatic carbocycles. The molecule has 1 fully saturated rings. The van der Waals surface area contributed by atoms with Gasteiger partial charge in [-0.05, 0) is 31.2 Å². The minimum atomic E-state index is -0.411. The fourth-order valence-corrected chi connectivity index (χ4v) is 2.60. The van der Waals surface area contributed by atoms with E-state index in [4.69, 9.17) is 0 Å².